The minimum absolute atomic E-state index is 0. The molecule has 0 saturated carbocycles. The molecule has 0 bridgehead atoms. The first-order valence-electron chi connectivity index (χ1n) is 8.40. The molecule has 1 unspecified atom stereocenters. The standard InChI is InChI=1S/C18H23ClN4O.ClH/c1-3-17-16(18(24)22-8-7-13(12-22)10-20-2)11-21-23(17)15-6-4-5-14(19)9-15;/h4-6,9,11,13,20H,3,7-8,10,12H2,1-2H3;1H. The number of aromatic nitrogens is 2. The molecule has 0 aliphatic carbocycles. The molecule has 25 heavy (non-hydrogen) atoms. The largest absolute Gasteiger partial charge is 0.338 e. The number of rotatable bonds is 5. The van der Waals surface area contributed by atoms with Crippen LogP contribution in [0.4, 0.5) is 0 Å². The molecule has 1 aromatic carbocycles. The summed E-state index contributed by atoms with van der Waals surface area (Å²) in [5, 5.41) is 8.30. The Morgan fingerprint density at radius 2 is 2.24 bits per heavy atom. The van der Waals surface area contributed by atoms with Gasteiger partial charge in [0.1, 0.15) is 0 Å². The van der Waals surface area contributed by atoms with E-state index in [1.165, 1.54) is 0 Å². The van der Waals surface area contributed by atoms with Crippen LogP contribution in [0, 0.1) is 5.92 Å². The second kappa shape index (κ2) is 8.70. The molecule has 1 aliphatic heterocycles. The Morgan fingerprint density at radius 1 is 1.44 bits per heavy atom. The Hall–Kier alpha value is -1.56. The first-order valence-corrected chi connectivity index (χ1v) is 8.78. The molecule has 2 aromatic rings. The average Bonchev–Trinajstić information content (AvgIpc) is 3.21. The Bertz CT molecular complexity index is 732. The summed E-state index contributed by atoms with van der Waals surface area (Å²) in [6.07, 6.45) is 3.48. The van der Waals surface area contributed by atoms with Crippen molar-refractivity contribution in [2.45, 2.75) is 19.8 Å². The van der Waals surface area contributed by atoms with Gasteiger partial charge in [-0.05, 0) is 50.6 Å². The van der Waals surface area contributed by atoms with Crippen LogP contribution in [0.25, 0.3) is 5.69 Å². The quantitative estimate of drug-likeness (QED) is 0.863. The number of likely N-dealkylation sites (tertiary alicyclic amines) is 1. The van der Waals surface area contributed by atoms with E-state index in [4.69, 9.17) is 11.6 Å². The summed E-state index contributed by atoms with van der Waals surface area (Å²) in [5.41, 5.74) is 2.51. The van der Waals surface area contributed by atoms with Gasteiger partial charge in [-0.15, -0.1) is 12.4 Å². The van der Waals surface area contributed by atoms with Crippen LogP contribution >= 0.6 is 24.0 Å². The first-order chi connectivity index (χ1) is 11.6. The van der Waals surface area contributed by atoms with Crippen molar-refractivity contribution in [3.8, 4) is 5.69 Å². The van der Waals surface area contributed by atoms with E-state index in [2.05, 4.69) is 10.4 Å². The Balaban J connectivity index is 0.00000225. The third-order valence-electron chi connectivity index (χ3n) is 4.55. The summed E-state index contributed by atoms with van der Waals surface area (Å²) >= 11 is 6.09. The van der Waals surface area contributed by atoms with Crippen LogP contribution in [0.1, 0.15) is 29.4 Å². The lowest BCUT2D eigenvalue weighted by atomic mass is 10.1. The molecule has 1 amide bonds. The fraction of sp³-hybridized carbons (Fsp3) is 0.444. The van der Waals surface area contributed by atoms with E-state index in [1.807, 2.05) is 47.8 Å². The maximum absolute atomic E-state index is 12.9. The van der Waals surface area contributed by atoms with Gasteiger partial charge in [0.05, 0.1) is 23.1 Å². The van der Waals surface area contributed by atoms with E-state index in [0.717, 1.165) is 43.9 Å². The molecule has 5 nitrogen and oxygen atoms in total. The third-order valence-corrected chi connectivity index (χ3v) is 4.79. The highest BCUT2D eigenvalue weighted by atomic mass is 35.5. The van der Waals surface area contributed by atoms with Crippen molar-refractivity contribution in [3.63, 3.8) is 0 Å². The fourth-order valence-electron chi connectivity index (χ4n) is 3.37. The number of nitrogens with zero attached hydrogens (tertiary/aromatic N) is 3. The number of benzene rings is 1. The highest BCUT2D eigenvalue weighted by Gasteiger charge is 2.29. The molecule has 1 fully saturated rings. The summed E-state index contributed by atoms with van der Waals surface area (Å²) in [4.78, 5) is 14.9. The topological polar surface area (TPSA) is 50.2 Å². The molecule has 1 saturated heterocycles. The van der Waals surface area contributed by atoms with Gasteiger partial charge in [-0.1, -0.05) is 24.6 Å². The van der Waals surface area contributed by atoms with Gasteiger partial charge in [0.15, 0.2) is 0 Å². The van der Waals surface area contributed by atoms with Crippen LogP contribution in [0.3, 0.4) is 0 Å². The number of hydrogen-bond donors (Lipinski definition) is 1. The van der Waals surface area contributed by atoms with Crippen LogP contribution < -0.4 is 5.32 Å². The van der Waals surface area contributed by atoms with Crippen molar-refractivity contribution in [2.24, 2.45) is 5.92 Å². The molecular weight excluding hydrogens is 359 g/mol. The Kier molecular flexibility index (Phi) is 6.87. The zero-order valence-corrected chi connectivity index (χ0v) is 16.1. The van der Waals surface area contributed by atoms with Crippen molar-refractivity contribution in [3.05, 3.63) is 46.7 Å². The minimum Gasteiger partial charge on any atom is -0.338 e. The van der Waals surface area contributed by atoms with Gasteiger partial charge in [-0.25, -0.2) is 4.68 Å². The van der Waals surface area contributed by atoms with Gasteiger partial charge in [0.25, 0.3) is 5.91 Å². The summed E-state index contributed by atoms with van der Waals surface area (Å²) in [7, 11) is 1.95. The normalized spacial score (nSPS) is 16.8. The summed E-state index contributed by atoms with van der Waals surface area (Å²) < 4.78 is 1.82. The van der Waals surface area contributed by atoms with Gasteiger partial charge in [0, 0.05) is 18.1 Å². The van der Waals surface area contributed by atoms with Crippen LogP contribution in [0.15, 0.2) is 30.5 Å². The third kappa shape index (κ3) is 4.17. The molecule has 0 radical (unpaired) electrons. The van der Waals surface area contributed by atoms with Crippen LogP contribution in [-0.4, -0.2) is 47.3 Å². The lowest BCUT2D eigenvalue weighted by Gasteiger charge is -2.17. The van der Waals surface area contributed by atoms with E-state index in [-0.39, 0.29) is 18.3 Å². The number of carbonyl (C=O) groups is 1. The van der Waals surface area contributed by atoms with E-state index in [9.17, 15) is 4.79 Å². The van der Waals surface area contributed by atoms with Gasteiger partial charge in [-0.3, -0.25) is 4.79 Å². The second-order valence-corrected chi connectivity index (χ2v) is 6.65. The second-order valence-electron chi connectivity index (χ2n) is 6.21. The zero-order chi connectivity index (χ0) is 17.1. The van der Waals surface area contributed by atoms with Gasteiger partial charge >= 0.3 is 0 Å². The highest BCUT2D eigenvalue weighted by molar-refractivity contribution is 6.30. The zero-order valence-electron chi connectivity index (χ0n) is 14.5. The first kappa shape index (κ1) is 19.8. The van der Waals surface area contributed by atoms with Crippen LogP contribution in [0.2, 0.25) is 5.02 Å². The maximum Gasteiger partial charge on any atom is 0.257 e. The van der Waals surface area contributed by atoms with E-state index < -0.39 is 0 Å². The minimum atomic E-state index is 0. The van der Waals surface area contributed by atoms with Crippen LogP contribution in [0.5, 0.6) is 0 Å². The maximum atomic E-state index is 12.9. The smallest absolute Gasteiger partial charge is 0.257 e. The lowest BCUT2D eigenvalue weighted by molar-refractivity contribution is 0.0786. The van der Waals surface area contributed by atoms with Gasteiger partial charge in [0.2, 0.25) is 0 Å². The van der Waals surface area contributed by atoms with Crippen molar-refractivity contribution in [1.29, 1.82) is 0 Å². The molecule has 1 aromatic heterocycles. The van der Waals surface area contributed by atoms with Crippen molar-refractivity contribution in [2.75, 3.05) is 26.7 Å². The Morgan fingerprint density at radius 3 is 2.92 bits per heavy atom. The average molecular weight is 383 g/mol. The SMILES string of the molecule is CCc1c(C(=O)N2CCC(CNC)C2)cnn1-c1cccc(Cl)c1.Cl. The van der Waals surface area contributed by atoms with E-state index in [1.54, 1.807) is 6.20 Å². The summed E-state index contributed by atoms with van der Waals surface area (Å²) in [5.74, 6) is 0.616. The predicted molar refractivity (Wildman–Crippen MR) is 103 cm³/mol. The monoisotopic (exact) mass is 382 g/mol. The van der Waals surface area contributed by atoms with Gasteiger partial charge < -0.3 is 10.2 Å². The molecule has 7 heteroatoms. The van der Waals surface area contributed by atoms with Gasteiger partial charge in [-0.2, -0.15) is 5.10 Å². The Labute approximate surface area is 159 Å². The molecule has 1 atom stereocenters. The summed E-state index contributed by atoms with van der Waals surface area (Å²) in [6, 6.07) is 7.54. The number of hydrogen-bond acceptors (Lipinski definition) is 3. The fourth-order valence-corrected chi connectivity index (χ4v) is 3.55. The number of amides is 1. The molecule has 3 rings (SSSR count). The van der Waals surface area contributed by atoms with Crippen LogP contribution in [-0.2, 0) is 6.42 Å². The molecular formula is C18H24Cl2N4O. The highest BCUT2D eigenvalue weighted by Crippen LogP contribution is 2.23. The van der Waals surface area contributed by atoms with Crippen molar-refractivity contribution in [1.82, 2.24) is 20.0 Å². The van der Waals surface area contributed by atoms with Crippen molar-refractivity contribution >= 4 is 29.9 Å². The molecule has 1 N–H and O–H groups in total. The molecule has 0 spiro atoms. The number of carbonyl (C=O) groups excluding carboxylic acids is 1. The van der Waals surface area contributed by atoms with E-state index >= 15 is 0 Å². The summed E-state index contributed by atoms with van der Waals surface area (Å²) in [6.45, 7) is 4.62. The molecule has 2 heterocycles. The number of halogens is 2. The van der Waals surface area contributed by atoms with Crippen molar-refractivity contribution < 1.29 is 4.79 Å². The lowest BCUT2D eigenvalue weighted by Crippen LogP contribution is -2.30. The number of nitrogens with one attached hydrogen (secondary N) is 1. The molecule has 1 aliphatic rings. The predicted octanol–water partition coefficient (Wildman–Crippen LogP) is 3.19. The molecule has 136 valence electrons. The van der Waals surface area contributed by atoms with E-state index in [0.29, 0.717) is 16.5 Å².